The maximum atomic E-state index is 12.7. The third-order valence-electron chi connectivity index (χ3n) is 6.07. The molecular weight excluding hydrogens is 368 g/mol. The second-order valence-corrected chi connectivity index (χ2v) is 8.22. The molecule has 30 heavy (non-hydrogen) atoms. The molecule has 0 aromatic heterocycles. The van der Waals surface area contributed by atoms with Gasteiger partial charge in [0.05, 0.1) is 6.04 Å². The maximum absolute atomic E-state index is 12.7. The molecular formula is C27H30N2O. The maximum Gasteiger partial charge on any atom is 0.251 e. The van der Waals surface area contributed by atoms with Gasteiger partial charge in [0.15, 0.2) is 0 Å². The lowest BCUT2D eigenvalue weighted by Crippen LogP contribution is -2.30. The Morgan fingerprint density at radius 1 is 0.933 bits per heavy atom. The molecule has 4 rings (SSSR count). The van der Waals surface area contributed by atoms with Gasteiger partial charge in [-0.3, -0.25) is 9.69 Å². The molecule has 0 aliphatic carbocycles. The lowest BCUT2D eigenvalue weighted by atomic mass is 9.99. The number of aryl methyl sites for hydroxylation is 1. The van der Waals surface area contributed by atoms with Crippen LogP contribution in [0.3, 0.4) is 0 Å². The Morgan fingerprint density at radius 3 is 2.30 bits per heavy atom. The summed E-state index contributed by atoms with van der Waals surface area (Å²) in [4.78, 5) is 15.1. The molecule has 0 fully saturated rings. The Hall–Kier alpha value is -2.91. The van der Waals surface area contributed by atoms with Crippen LogP contribution >= 0.6 is 0 Å². The van der Waals surface area contributed by atoms with Gasteiger partial charge in [0.2, 0.25) is 0 Å². The van der Waals surface area contributed by atoms with Crippen molar-refractivity contribution in [2.24, 2.45) is 0 Å². The van der Waals surface area contributed by atoms with E-state index in [9.17, 15) is 4.79 Å². The molecule has 0 saturated heterocycles. The van der Waals surface area contributed by atoms with E-state index >= 15 is 0 Å². The summed E-state index contributed by atoms with van der Waals surface area (Å²) in [7, 11) is 0. The summed E-state index contributed by atoms with van der Waals surface area (Å²) >= 11 is 0. The Balaban J connectivity index is 1.34. The van der Waals surface area contributed by atoms with E-state index in [1.54, 1.807) is 0 Å². The third kappa shape index (κ3) is 4.80. The van der Waals surface area contributed by atoms with Crippen molar-refractivity contribution >= 4 is 5.91 Å². The van der Waals surface area contributed by atoms with Crippen molar-refractivity contribution in [3.63, 3.8) is 0 Å². The molecule has 1 N–H and O–H groups in total. The highest BCUT2D eigenvalue weighted by Gasteiger charge is 2.16. The summed E-state index contributed by atoms with van der Waals surface area (Å²) in [6.45, 7) is 7.16. The summed E-state index contributed by atoms with van der Waals surface area (Å²) in [6, 6.07) is 25.2. The summed E-state index contributed by atoms with van der Waals surface area (Å²) in [5, 5.41) is 3.11. The van der Waals surface area contributed by atoms with E-state index in [4.69, 9.17) is 0 Å². The minimum atomic E-state index is -0.0273. The van der Waals surface area contributed by atoms with Crippen LogP contribution < -0.4 is 5.32 Å². The van der Waals surface area contributed by atoms with Gasteiger partial charge in [-0.1, -0.05) is 67.6 Å². The molecule has 1 aliphatic heterocycles. The van der Waals surface area contributed by atoms with E-state index in [2.05, 4.69) is 77.8 Å². The SMILES string of the molecule is CCc1ccc(C(C)NC(=O)c2ccc(CN3CCc4ccccc4C3)cc2)cc1. The first-order valence-corrected chi connectivity index (χ1v) is 10.9. The van der Waals surface area contributed by atoms with E-state index in [-0.39, 0.29) is 11.9 Å². The van der Waals surface area contributed by atoms with Gasteiger partial charge < -0.3 is 5.32 Å². The van der Waals surface area contributed by atoms with Crippen LogP contribution in [-0.4, -0.2) is 17.4 Å². The van der Waals surface area contributed by atoms with Crippen LogP contribution in [0.4, 0.5) is 0 Å². The largest absolute Gasteiger partial charge is 0.346 e. The van der Waals surface area contributed by atoms with Crippen LogP contribution in [-0.2, 0) is 25.9 Å². The van der Waals surface area contributed by atoms with Gasteiger partial charge >= 0.3 is 0 Å². The molecule has 1 atom stereocenters. The minimum absolute atomic E-state index is 0.0171. The van der Waals surface area contributed by atoms with Crippen LogP contribution in [0.2, 0.25) is 0 Å². The fourth-order valence-corrected chi connectivity index (χ4v) is 4.11. The summed E-state index contributed by atoms with van der Waals surface area (Å²) in [6.07, 6.45) is 2.13. The van der Waals surface area contributed by atoms with E-state index in [1.807, 2.05) is 19.1 Å². The van der Waals surface area contributed by atoms with Crippen molar-refractivity contribution < 1.29 is 4.79 Å². The van der Waals surface area contributed by atoms with Crippen LogP contribution in [0.25, 0.3) is 0 Å². The zero-order valence-electron chi connectivity index (χ0n) is 17.9. The van der Waals surface area contributed by atoms with Crippen molar-refractivity contribution in [1.29, 1.82) is 0 Å². The first-order valence-electron chi connectivity index (χ1n) is 10.9. The smallest absolute Gasteiger partial charge is 0.251 e. The Labute approximate surface area is 179 Å². The van der Waals surface area contributed by atoms with E-state index in [0.29, 0.717) is 5.56 Å². The molecule has 3 heteroatoms. The van der Waals surface area contributed by atoms with Crippen molar-refractivity contribution in [3.8, 4) is 0 Å². The van der Waals surface area contributed by atoms with Gasteiger partial charge in [0.25, 0.3) is 5.91 Å². The second kappa shape index (κ2) is 9.27. The topological polar surface area (TPSA) is 32.3 Å². The number of nitrogens with one attached hydrogen (secondary N) is 1. The van der Waals surface area contributed by atoms with Crippen molar-refractivity contribution in [2.45, 2.75) is 45.8 Å². The molecule has 154 valence electrons. The average Bonchev–Trinajstić information content (AvgIpc) is 2.79. The molecule has 1 unspecified atom stereocenters. The van der Waals surface area contributed by atoms with Gasteiger partial charge in [-0.05, 0) is 59.7 Å². The van der Waals surface area contributed by atoms with Crippen molar-refractivity contribution in [3.05, 3.63) is 106 Å². The molecule has 0 bridgehead atoms. The number of rotatable bonds is 6. The number of benzene rings is 3. The number of hydrogen-bond donors (Lipinski definition) is 1. The van der Waals surface area contributed by atoms with E-state index in [1.165, 1.54) is 22.3 Å². The number of amides is 1. The van der Waals surface area contributed by atoms with Crippen LogP contribution in [0.1, 0.15) is 58.1 Å². The number of carbonyl (C=O) groups is 1. The first-order chi connectivity index (χ1) is 14.6. The number of fused-ring (bicyclic) bond motifs is 1. The van der Waals surface area contributed by atoms with Gasteiger partial charge in [0.1, 0.15) is 0 Å². The van der Waals surface area contributed by atoms with E-state index < -0.39 is 0 Å². The minimum Gasteiger partial charge on any atom is -0.346 e. The number of hydrogen-bond acceptors (Lipinski definition) is 2. The molecule has 3 aromatic carbocycles. The second-order valence-electron chi connectivity index (χ2n) is 8.22. The first kappa shape index (κ1) is 20.4. The van der Waals surface area contributed by atoms with Gasteiger partial charge in [0, 0.05) is 25.2 Å². The van der Waals surface area contributed by atoms with Crippen molar-refractivity contribution in [2.75, 3.05) is 6.54 Å². The normalized spacial score (nSPS) is 14.7. The Morgan fingerprint density at radius 2 is 1.60 bits per heavy atom. The van der Waals surface area contributed by atoms with Crippen LogP contribution in [0.15, 0.2) is 72.8 Å². The Bertz CT molecular complexity index is 992. The number of carbonyl (C=O) groups excluding carboxylic acids is 1. The lowest BCUT2D eigenvalue weighted by molar-refractivity contribution is 0.0940. The molecule has 3 aromatic rings. The fraction of sp³-hybridized carbons (Fsp3) is 0.296. The third-order valence-corrected chi connectivity index (χ3v) is 6.07. The standard InChI is InChI=1S/C27H30N2O/c1-3-21-8-12-23(13-9-21)20(2)28-27(30)25-14-10-22(11-15-25)18-29-17-16-24-6-4-5-7-26(24)19-29/h4-15,20H,3,16-19H2,1-2H3,(H,28,30). The van der Waals surface area contributed by atoms with Crippen LogP contribution in [0, 0.1) is 0 Å². The van der Waals surface area contributed by atoms with Gasteiger partial charge in [-0.25, -0.2) is 0 Å². The molecule has 0 saturated carbocycles. The van der Waals surface area contributed by atoms with Gasteiger partial charge in [-0.15, -0.1) is 0 Å². The highest BCUT2D eigenvalue weighted by molar-refractivity contribution is 5.94. The predicted octanol–water partition coefficient (Wildman–Crippen LogP) is 5.30. The summed E-state index contributed by atoms with van der Waals surface area (Å²) < 4.78 is 0. The summed E-state index contributed by atoms with van der Waals surface area (Å²) in [5.74, 6) is -0.0273. The number of nitrogens with zero attached hydrogens (tertiary/aromatic N) is 1. The molecule has 3 nitrogen and oxygen atoms in total. The van der Waals surface area contributed by atoms with Crippen molar-refractivity contribution in [1.82, 2.24) is 10.2 Å². The Kier molecular flexibility index (Phi) is 6.29. The molecule has 0 radical (unpaired) electrons. The molecule has 1 heterocycles. The molecule has 1 amide bonds. The quantitative estimate of drug-likeness (QED) is 0.611. The van der Waals surface area contributed by atoms with Crippen LogP contribution in [0.5, 0.6) is 0 Å². The zero-order valence-corrected chi connectivity index (χ0v) is 17.9. The highest BCUT2D eigenvalue weighted by atomic mass is 16.1. The molecule has 0 spiro atoms. The molecule has 1 aliphatic rings. The zero-order chi connectivity index (χ0) is 20.9. The fourth-order valence-electron chi connectivity index (χ4n) is 4.11. The predicted molar refractivity (Wildman–Crippen MR) is 122 cm³/mol. The lowest BCUT2D eigenvalue weighted by Gasteiger charge is -2.28. The van der Waals surface area contributed by atoms with E-state index in [0.717, 1.165) is 38.0 Å². The summed E-state index contributed by atoms with van der Waals surface area (Å²) in [5.41, 5.74) is 7.29. The highest BCUT2D eigenvalue weighted by Crippen LogP contribution is 2.20. The van der Waals surface area contributed by atoms with Gasteiger partial charge in [-0.2, -0.15) is 0 Å². The average molecular weight is 399 g/mol. The monoisotopic (exact) mass is 398 g/mol.